The van der Waals surface area contributed by atoms with Crippen LogP contribution >= 0.6 is 11.3 Å². The summed E-state index contributed by atoms with van der Waals surface area (Å²) >= 11 is 1.70. The van der Waals surface area contributed by atoms with Crippen molar-refractivity contribution >= 4 is 17.2 Å². The Kier molecular flexibility index (Phi) is 4.91. The fourth-order valence-corrected chi connectivity index (χ4v) is 5.35. The second-order valence-electron chi connectivity index (χ2n) is 7.10. The lowest BCUT2D eigenvalue weighted by atomic mass is 9.91. The predicted octanol–water partition coefficient (Wildman–Crippen LogP) is 4.12. The number of nitrogens with zero attached hydrogens (tertiary/aromatic N) is 1. The first kappa shape index (κ1) is 16.8. The maximum absolute atomic E-state index is 13.3. The van der Waals surface area contributed by atoms with Crippen molar-refractivity contribution < 1.29 is 4.79 Å². The molecule has 25 heavy (non-hydrogen) atoms. The van der Waals surface area contributed by atoms with E-state index in [1.165, 1.54) is 21.6 Å². The number of hydrogen-bond acceptors (Lipinski definition) is 3. The third-order valence-electron chi connectivity index (χ3n) is 5.42. The maximum Gasteiger partial charge on any atom is 0.264 e. The fraction of sp³-hybridized carbons (Fsp3) is 0.476. The van der Waals surface area contributed by atoms with Gasteiger partial charge < -0.3 is 10.2 Å². The van der Waals surface area contributed by atoms with Crippen molar-refractivity contribution in [1.29, 1.82) is 0 Å². The van der Waals surface area contributed by atoms with Gasteiger partial charge in [0.2, 0.25) is 0 Å². The summed E-state index contributed by atoms with van der Waals surface area (Å²) in [7, 11) is 0. The minimum Gasteiger partial charge on any atom is -0.335 e. The van der Waals surface area contributed by atoms with E-state index in [4.69, 9.17) is 0 Å². The third kappa shape index (κ3) is 3.25. The number of benzene rings is 1. The Morgan fingerprint density at radius 2 is 1.96 bits per heavy atom. The number of aryl methyl sites for hydroxylation is 2. The first-order chi connectivity index (χ1) is 12.3. The van der Waals surface area contributed by atoms with Gasteiger partial charge in [-0.15, -0.1) is 11.3 Å². The van der Waals surface area contributed by atoms with Crippen LogP contribution in [0.2, 0.25) is 0 Å². The van der Waals surface area contributed by atoms with E-state index in [9.17, 15) is 4.79 Å². The van der Waals surface area contributed by atoms with E-state index in [0.29, 0.717) is 6.04 Å². The molecule has 0 unspecified atom stereocenters. The highest BCUT2D eigenvalue weighted by Crippen LogP contribution is 2.40. The molecular formula is C21H26N2OS. The number of thiophene rings is 1. The van der Waals surface area contributed by atoms with Gasteiger partial charge in [-0.3, -0.25) is 4.79 Å². The highest BCUT2D eigenvalue weighted by Gasteiger charge is 2.28. The van der Waals surface area contributed by atoms with Gasteiger partial charge in [-0.25, -0.2) is 0 Å². The average Bonchev–Trinajstić information content (AvgIpc) is 3.11. The molecule has 0 saturated carbocycles. The summed E-state index contributed by atoms with van der Waals surface area (Å²) in [6.45, 7) is 5.07. The molecule has 1 fully saturated rings. The number of carbonyl (C=O) groups is 1. The van der Waals surface area contributed by atoms with Crippen LogP contribution in [-0.2, 0) is 12.8 Å². The zero-order valence-corrected chi connectivity index (χ0v) is 15.7. The molecule has 2 aromatic rings. The number of fused-ring (bicyclic) bond motifs is 3. The summed E-state index contributed by atoms with van der Waals surface area (Å²) in [6.07, 6.45) is 5.29. The summed E-state index contributed by atoms with van der Waals surface area (Å²) in [5, 5.41) is 3.41. The number of amides is 1. The normalized spacial score (nSPS) is 17.0. The molecule has 1 aliphatic carbocycles. The summed E-state index contributed by atoms with van der Waals surface area (Å²) in [5.74, 6) is 0.241. The Morgan fingerprint density at radius 3 is 2.76 bits per heavy atom. The van der Waals surface area contributed by atoms with Crippen molar-refractivity contribution in [3.63, 3.8) is 0 Å². The average molecular weight is 355 g/mol. The highest BCUT2D eigenvalue weighted by atomic mass is 32.1. The van der Waals surface area contributed by atoms with Crippen molar-refractivity contribution in [3.8, 4) is 10.4 Å². The number of rotatable bonds is 4. The molecule has 3 nitrogen and oxygen atoms in total. The molecule has 132 valence electrons. The van der Waals surface area contributed by atoms with E-state index in [2.05, 4.69) is 47.5 Å². The minimum absolute atomic E-state index is 0.241. The summed E-state index contributed by atoms with van der Waals surface area (Å²) in [4.78, 5) is 17.7. The Labute approximate surface area is 154 Å². The Balaban J connectivity index is 1.63. The molecule has 0 atom stereocenters. The van der Waals surface area contributed by atoms with Crippen LogP contribution in [0, 0.1) is 0 Å². The minimum atomic E-state index is 0.241. The topological polar surface area (TPSA) is 32.3 Å². The first-order valence-corrected chi connectivity index (χ1v) is 10.3. The zero-order chi connectivity index (χ0) is 17.2. The van der Waals surface area contributed by atoms with E-state index >= 15 is 0 Å². The smallest absolute Gasteiger partial charge is 0.264 e. The largest absolute Gasteiger partial charge is 0.335 e. The van der Waals surface area contributed by atoms with E-state index in [1.807, 2.05) is 0 Å². The summed E-state index contributed by atoms with van der Waals surface area (Å²) < 4.78 is 0. The van der Waals surface area contributed by atoms with Crippen molar-refractivity contribution in [1.82, 2.24) is 10.2 Å². The van der Waals surface area contributed by atoms with E-state index in [1.54, 1.807) is 11.3 Å². The van der Waals surface area contributed by atoms with Crippen molar-refractivity contribution in [2.75, 3.05) is 19.6 Å². The van der Waals surface area contributed by atoms with Gasteiger partial charge in [0.05, 0.1) is 4.88 Å². The van der Waals surface area contributed by atoms with Crippen molar-refractivity contribution in [2.45, 2.75) is 45.1 Å². The number of hydrogen-bond donors (Lipinski definition) is 1. The number of carbonyl (C=O) groups excluding carboxylic acids is 1. The van der Waals surface area contributed by atoms with Gasteiger partial charge in [-0.05, 0) is 68.0 Å². The van der Waals surface area contributed by atoms with Gasteiger partial charge in [0.25, 0.3) is 5.91 Å². The SMILES string of the molecule is CCCN(C(=O)c1cc2c(s1)-c1ccccc1CC2)C1CCNCC1. The fourth-order valence-electron chi connectivity index (χ4n) is 4.13. The number of nitrogens with one attached hydrogen (secondary N) is 1. The van der Waals surface area contributed by atoms with Crippen molar-refractivity contribution in [3.05, 3.63) is 46.3 Å². The molecular weight excluding hydrogens is 328 g/mol. The van der Waals surface area contributed by atoms with Crippen LogP contribution in [0.15, 0.2) is 30.3 Å². The van der Waals surface area contributed by atoms with E-state index in [0.717, 1.165) is 56.6 Å². The van der Waals surface area contributed by atoms with Crippen molar-refractivity contribution in [2.24, 2.45) is 0 Å². The molecule has 2 heterocycles. The van der Waals surface area contributed by atoms with Gasteiger partial charge in [-0.1, -0.05) is 31.2 Å². The number of piperidine rings is 1. The van der Waals surface area contributed by atoms with Crippen LogP contribution in [-0.4, -0.2) is 36.5 Å². The van der Waals surface area contributed by atoms with Crippen LogP contribution in [0.5, 0.6) is 0 Å². The lowest BCUT2D eigenvalue weighted by Crippen LogP contribution is -2.46. The van der Waals surface area contributed by atoms with Gasteiger partial charge in [0.15, 0.2) is 0 Å². The first-order valence-electron chi connectivity index (χ1n) is 9.50. The lowest BCUT2D eigenvalue weighted by Gasteiger charge is -2.34. The lowest BCUT2D eigenvalue weighted by molar-refractivity contribution is 0.0647. The molecule has 0 bridgehead atoms. The van der Waals surface area contributed by atoms with Gasteiger partial charge in [-0.2, -0.15) is 0 Å². The molecule has 1 saturated heterocycles. The van der Waals surface area contributed by atoms with Crippen LogP contribution in [0.1, 0.15) is 47.0 Å². The molecule has 2 aliphatic rings. The monoisotopic (exact) mass is 354 g/mol. The molecule has 4 rings (SSSR count). The van der Waals surface area contributed by atoms with Crippen LogP contribution in [0.4, 0.5) is 0 Å². The molecule has 1 aliphatic heterocycles. The second kappa shape index (κ2) is 7.30. The molecule has 0 spiro atoms. The third-order valence-corrected chi connectivity index (χ3v) is 6.62. The van der Waals surface area contributed by atoms with E-state index in [-0.39, 0.29) is 5.91 Å². The van der Waals surface area contributed by atoms with Crippen LogP contribution in [0.25, 0.3) is 10.4 Å². The second-order valence-corrected chi connectivity index (χ2v) is 8.15. The van der Waals surface area contributed by atoms with Gasteiger partial charge in [0.1, 0.15) is 0 Å². The van der Waals surface area contributed by atoms with Gasteiger partial charge in [0, 0.05) is 17.5 Å². The zero-order valence-electron chi connectivity index (χ0n) is 14.9. The highest BCUT2D eigenvalue weighted by molar-refractivity contribution is 7.17. The standard InChI is InChI=1S/C21H26N2OS/c1-2-13-23(17-9-11-22-12-10-17)21(24)19-14-16-8-7-15-5-3-4-6-18(15)20(16)25-19/h3-6,14,17,22H,2,7-13H2,1H3. The van der Waals surface area contributed by atoms with Gasteiger partial charge >= 0.3 is 0 Å². The Bertz CT molecular complexity index is 761. The maximum atomic E-state index is 13.3. The molecule has 4 heteroatoms. The predicted molar refractivity (Wildman–Crippen MR) is 104 cm³/mol. The van der Waals surface area contributed by atoms with Crippen LogP contribution < -0.4 is 5.32 Å². The van der Waals surface area contributed by atoms with E-state index < -0.39 is 0 Å². The Hall–Kier alpha value is -1.65. The molecule has 0 radical (unpaired) electrons. The summed E-state index contributed by atoms with van der Waals surface area (Å²) in [5.41, 5.74) is 4.10. The Morgan fingerprint density at radius 1 is 1.20 bits per heavy atom. The molecule has 1 aromatic carbocycles. The van der Waals surface area contributed by atoms with Crippen LogP contribution in [0.3, 0.4) is 0 Å². The molecule has 1 N–H and O–H groups in total. The molecule has 1 amide bonds. The molecule has 1 aromatic heterocycles. The summed E-state index contributed by atoms with van der Waals surface area (Å²) in [6, 6.07) is 11.2. The quantitative estimate of drug-likeness (QED) is 0.896.